The van der Waals surface area contributed by atoms with Gasteiger partial charge >= 0.3 is 0 Å². The zero-order valence-corrected chi connectivity index (χ0v) is 11.3. The van der Waals surface area contributed by atoms with Gasteiger partial charge in [0.05, 0.1) is 0 Å². The van der Waals surface area contributed by atoms with Gasteiger partial charge in [0.1, 0.15) is 0 Å². The van der Waals surface area contributed by atoms with Crippen LogP contribution in [0.4, 0.5) is 0 Å². The van der Waals surface area contributed by atoms with Gasteiger partial charge < -0.3 is 0 Å². The summed E-state index contributed by atoms with van der Waals surface area (Å²) in [5.41, 5.74) is 5.73. The molecule has 0 saturated carbocycles. The van der Waals surface area contributed by atoms with Crippen molar-refractivity contribution in [1.29, 1.82) is 0 Å². The van der Waals surface area contributed by atoms with Gasteiger partial charge in [-0.3, -0.25) is 0 Å². The molecule has 0 aliphatic rings. The number of benzene rings is 1. The number of unbranched alkanes of at least 4 members (excludes halogenated alkanes) is 4. The van der Waals surface area contributed by atoms with Crippen molar-refractivity contribution in [3.05, 3.63) is 40.8 Å². The Kier molecular flexibility index (Phi) is 5.59. The first-order valence-corrected chi connectivity index (χ1v) is 6.56. The first-order chi connectivity index (χ1) is 7.66. The van der Waals surface area contributed by atoms with Gasteiger partial charge in [0, 0.05) is 0 Å². The highest BCUT2D eigenvalue weighted by molar-refractivity contribution is 5.41. The van der Waals surface area contributed by atoms with Crippen molar-refractivity contribution in [3.63, 3.8) is 0 Å². The molecule has 0 nitrogen and oxygen atoms in total. The largest absolute Gasteiger partial charge is 0.0654 e. The first kappa shape index (κ1) is 13.3. The molecule has 0 heterocycles. The summed E-state index contributed by atoms with van der Waals surface area (Å²) in [6, 6.07) is 4.50. The van der Waals surface area contributed by atoms with Gasteiger partial charge in [-0.25, -0.2) is 0 Å². The molecule has 89 valence electrons. The molecule has 1 radical (unpaired) electrons. The van der Waals surface area contributed by atoms with Crippen molar-refractivity contribution in [3.8, 4) is 0 Å². The molecule has 16 heavy (non-hydrogen) atoms. The third-order valence-corrected chi connectivity index (χ3v) is 3.52. The van der Waals surface area contributed by atoms with Crippen molar-refractivity contribution in [2.45, 2.75) is 59.8 Å². The number of hydrogen-bond acceptors (Lipinski definition) is 0. The molecule has 1 rings (SSSR count). The lowest BCUT2D eigenvalue weighted by molar-refractivity contribution is 0.665. The molecule has 0 aromatic heterocycles. The second kappa shape index (κ2) is 6.73. The quantitative estimate of drug-likeness (QED) is 0.579. The fourth-order valence-corrected chi connectivity index (χ4v) is 2.03. The minimum Gasteiger partial charge on any atom is -0.0654 e. The fraction of sp³-hybridized carbons (Fsp3) is 0.562. The van der Waals surface area contributed by atoms with Crippen LogP contribution in [0, 0.1) is 27.2 Å². The first-order valence-electron chi connectivity index (χ1n) is 6.56. The molecular weight excluding hydrogens is 192 g/mol. The molecular formula is C16H25. The zero-order valence-electron chi connectivity index (χ0n) is 11.3. The van der Waals surface area contributed by atoms with Crippen LogP contribution in [-0.2, 0) is 0 Å². The zero-order chi connectivity index (χ0) is 12.0. The van der Waals surface area contributed by atoms with E-state index in [0.717, 1.165) is 0 Å². The Morgan fingerprint density at radius 2 is 1.69 bits per heavy atom. The van der Waals surface area contributed by atoms with E-state index in [1.54, 1.807) is 0 Å². The smallest absolute Gasteiger partial charge is 0.00903 e. The molecule has 0 aliphatic carbocycles. The Labute approximate surface area is 101 Å². The molecule has 0 amide bonds. The summed E-state index contributed by atoms with van der Waals surface area (Å²) >= 11 is 0. The normalized spacial score (nSPS) is 10.8. The molecule has 0 bridgehead atoms. The summed E-state index contributed by atoms with van der Waals surface area (Å²) in [6.07, 6.45) is 9.03. The molecule has 0 N–H and O–H groups in total. The van der Waals surface area contributed by atoms with Crippen LogP contribution in [0.2, 0.25) is 0 Å². The SMILES string of the molecule is CCCCCC[CH]c1ccc(C)c(C)c1C. The van der Waals surface area contributed by atoms with Crippen molar-refractivity contribution >= 4 is 0 Å². The highest BCUT2D eigenvalue weighted by Gasteiger charge is 2.03. The molecule has 0 spiro atoms. The molecule has 1 aromatic rings. The average molecular weight is 217 g/mol. The lowest BCUT2D eigenvalue weighted by atomic mass is 9.95. The summed E-state index contributed by atoms with van der Waals surface area (Å²) in [6.45, 7) is 8.91. The van der Waals surface area contributed by atoms with Gasteiger partial charge in [-0.1, -0.05) is 44.7 Å². The average Bonchev–Trinajstić information content (AvgIpc) is 2.28. The van der Waals surface area contributed by atoms with Crippen LogP contribution in [0.1, 0.15) is 61.3 Å². The summed E-state index contributed by atoms with van der Waals surface area (Å²) in [4.78, 5) is 0. The molecule has 1 aromatic carbocycles. The van der Waals surface area contributed by atoms with Gasteiger partial charge in [-0.15, -0.1) is 0 Å². The lowest BCUT2D eigenvalue weighted by Crippen LogP contribution is -1.93. The summed E-state index contributed by atoms with van der Waals surface area (Å²) in [5, 5.41) is 0. The van der Waals surface area contributed by atoms with Gasteiger partial charge in [0.25, 0.3) is 0 Å². The summed E-state index contributed by atoms with van der Waals surface area (Å²) < 4.78 is 0. The Bertz CT molecular complexity index is 323. The Hall–Kier alpha value is -0.780. The van der Waals surface area contributed by atoms with Crippen molar-refractivity contribution in [2.75, 3.05) is 0 Å². The molecule has 0 unspecified atom stereocenters. The molecule has 0 fully saturated rings. The predicted octanol–water partition coefficient (Wildman–Crippen LogP) is 5.13. The van der Waals surface area contributed by atoms with E-state index >= 15 is 0 Å². The summed E-state index contributed by atoms with van der Waals surface area (Å²) in [5.74, 6) is 0. The lowest BCUT2D eigenvalue weighted by Gasteiger charge is -2.10. The number of hydrogen-bond donors (Lipinski definition) is 0. The van der Waals surface area contributed by atoms with Crippen LogP contribution < -0.4 is 0 Å². The maximum atomic E-state index is 2.40. The number of aryl methyl sites for hydroxylation is 1. The van der Waals surface area contributed by atoms with E-state index in [2.05, 4.69) is 46.2 Å². The Morgan fingerprint density at radius 1 is 0.938 bits per heavy atom. The maximum Gasteiger partial charge on any atom is -0.00903 e. The maximum absolute atomic E-state index is 2.40. The van der Waals surface area contributed by atoms with Crippen LogP contribution >= 0.6 is 0 Å². The Morgan fingerprint density at radius 3 is 2.38 bits per heavy atom. The molecule has 0 aliphatic heterocycles. The van der Waals surface area contributed by atoms with Gasteiger partial charge in [-0.05, 0) is 55.9 Å². The molecule has 0 saturated heterocycles. The topological polar surface area (TPSA) is 0 Å². The number of rotatable bonds is 6. The van der Waals surface area contributed by atoms with Crippen molar-refractivity contribution < 1.29 is 0 Å². The van der Waals surface area contributed by atoms with E-state index in [-0.39, 0.29) is 0 Å². The van der Waals surface area contributed by atoms with Crippen LogP contribution in [0.3, 0.4) is 0 Å². The van der Waals surface area contributed by atoms with Crippen LogP contribution in [-0.4, -0.2) is 0 Å². The second-order valence-corrected chi connectivity index (χ2v) is 4.78. The van der Waals surface area contributed by atoms with Gasteiger partial charge in [0.2, 0.25) is 0 Å². The molecule has 0 atom stereocenters. The van der Waals surface area contributed by atoms with E-state index in [4.69, 9.17) is 0 Å². The Balaban J connectivity index is 2.45. The highest BCUT2D eigenvalue weighted by atomic mass is 14.1. The van der Waals surface area contributed by atoms with E-state index in [9.17, 15) is 0 Å². The monoisotopic (exact) mass is 217 g/mol. The third kappa shape index (κ3) is 3.66. The fourth-order valence-electron chi connectivity index (χ4n) is 2.03. The van der Waals surface area contributed by atoms with E-state index in [0.29, 0.717) is 0 Å². The van der Waals surface area contributed by atoms with Crippen molar-refractivity contribution in [1.82, 2.24) is 0 Å². The highest BCUT2D eigenvalue weighted by Crippen LogP contribution is 2.20. The van der Waals surface area contributed by atoms with Gasteiger partial charge in [-0.2, -0.15) is 0 Å². The summed E-state index contributed by atoms with van der Waals surface area (Å²) in [7, 11) is 0. The van der Waals surface area contributed by atoms with Crippen LogP contribution in [0.15, 0.2) is 12.1 Å². The van der Waals surface area contributed by atoms with Gasteiger partial charge in [0.15, 0.2) is 0 Å². The third-order valence-electron chi connectivity index (χ3n) is 3.52. The van der Waals surface area contributed by atoms with Crippen LogP contribution in [0.25, 0.3) is 0 Å². The van der Waals surface area contributed by atoms with Crippen molar-refractivity contribution in [2.24, 2.45) is 0 Å². The molecule has 0 heteroatoms. The van der Waals surface area contributed by atoms with Crippen LogP contribution in [0.5, 0.6) is 0 Å². The standard InChI is InChI=1S/C16H25/c1-5-6-7-8-9-10-16-12-11-13(2)14(3)15(16)4/h10-12H,5-9H2,1-4H3. The predicted molar refractivity (Wildman–Crippen MR) is 72.8 cm³/mol. The van der Waals surface area contributed by atoms with E-state index in [1.165, 1.54) is 54.4 Å². The minimum atomic E-state index is 1.23. The van der Waals surface area contributed by atoms with E-state index in [1.807, 2.05) is 0 Å². The second-order valence-electron chi connectivity index (χ2n) is 4.78. The van der Waals surface area contributed by atoms with E-state index < -0.39 is 0 Å². The minimum absolute atomic E-state index is 1.23.